The van der Waals surface area contributed by atoms with Crippen molar-refractivity contribution in [1.29, 1.82) is 0 Å². The van der Waals surface area contributed by atoms with Gasteiger partial charge >= 0.3 is 18.2 Å². The highest BCUT2D eigenvalue weighted by atomic mass is 32.2. The number of hydrogen-bond donors (Lipinski definition) is 1. The van der Waals surface area contributed by atoms with E-state index < -0.39 is 28.2 Å². The van der Waals surface area contributed by atoms with E-state index in [1.165, 1.54) is 16.8 Å². The predicted octanol–water partition coefficient (Wildman–Crippen LogP) is 4.83. The normalized spacial score (nSPS) is 12.2. The highest BCUT2D eigenvalue weighted by Gasteiger charge is 2.38. The molecule has 14 heteroatoms. The first-order valence-electron chi connectivity index (χ1n) is 12.1. The Hall–Kier alpha value is -4.30. The van der Waals surface area contributed by atoms with Crippen molar-refractivity contribution in [1.82, 2.24) is 14.5 Å². The monoisotopic (exact) mass is 604 g/mol. The molecule has 0 saturated heterocycles. The van der Waals surface area contributed by atoms with E-state index in [2.05, 4.69) is 10.1 Å². The van der Waals surface area contributed by atoms with Gasteiger partial charge in [0.1, 0.15) is 11.6 Å². The lowest BCUT2D eigenvalue weighted by molar-refractivity contribution is -0.169. The van der Waals surface area contributed by atoms with Gasteiger partial charge in [-0.2, -0.15) is 23.3 Å². The summed E-state index contributed by atoms with van der Waals surface area (Å²) in [7, 11) is -4.30. The predicted molar refractivity (Wildman–Crippen MR) is 144 cm³/mol. The molecule has 4 rings (SSSR count). The number of aromatic nitrogens is 2. The molecule has 9 nitrogen and oxygen atoms in total. The van der Waals surface area contributed by atoms with Gasteiger partial charge in [-0.05, 0) is 29.2 Å². The Morgan fingerprint density at radius 2 is 1.63 bits per heavy atom. The molecule has 0 atom stereocenters. The molecule has 41 heavy (non-hydrogen) atoms. The van der Waals surface area contributed by atoms with E-state index in [9.17, 15) is 31.2 Å². The third-order valence-electron chi connectivity index (χ3n) is 5.61. The summed E-state index contributed by atoms with van der Waals surface area (Å²) < 4.78 is 72.5. The molecule has 0 aliphatic heterocycles. The third-order valence-corrected chi connectivity index (χ3v) is 8.07. The van der Waals surface area contributed by atoms with Crippen molar-refractivity contribution >= 4 is 33.4 Å². The molecule has 0 bridgehead atoms. The van der Waals surface area contributed by atoms with Gasteiger partial charge in [0.05, 0.1) is 11.4 Å². The van der Waals surface area contributed by atoms with Gasteiger partial charge in [-0.3, -0.25) is 4.79 Å². The first kappa shape index (κ1) is 29.7. The summed E-state index contributed by atoms with van der Waals surface area (Å²) in [5.41, 5.74) is 2.12. The molecule has 1 heterocycles. The molecule has 0 aliphatic carbocycles. The van der Waals surface area contributed by atoms with Crippen LogP contribution in [0.5, 0.6) is 0 Å². The summed E-state index contributed by atoms with van der Waals surface area (Å²) in [6.07, 6.45) is -5.79. The van der Waals surface area contributed by atoms with Gasteiger partial charge in [0.25, 0.3) is 10.0 Å². The second kappa shape index (κ2) is 12.5. The second-order valence-electron chi connectivity index (χ2n) is 8.56. The van der Waals surface area contributed by atoms with Crippen LogP contribution in [0.3, 0.4) is 0 Å². The molecule has 1 aromatic heterocycles. The van der Waals surface area contributed by atoms with Crippen LogP contribution in [0.4, 0.5) is 18.0 Å². The number of ether oxygens (including phenoxy) is 1. The Labute approximate surface area is 237 Å². The van der Waals surface area contributed by atoms with E-state index in [0.29, 0.717) is 33.7 Å². The summed E-state index contributed by atoms with van der Waals surface area (Å²) in [6.45, 7) is 1.69. The van der Waals surface area contributed by atoms with Crippen molar-refractivity contribution in [3.8, 4) is 11.1 Å². The second-order valence-corrected chi connectivity index (χ2v) is 11.3. The van der Waals surface area contributed by atoms with Gasteiger partial charge in [0.2, 0.25) is 4.80 Å². The average Bonchev–Trinajstić information content (AvgIpc) is 3.33. The summed E-state index contributed by atoms with van der Waals surface area (Å²) in [4.78, 5) is 26.5. The van der Waals surface area contributed by atoms with Crippen LogP contribution in [0.2, 0.25) is 0 Å². The first-order valence-corrected chi connectivity index (χ1v) is 14.4. The topological polar surface area (TPSA) is 120 Å². The Morgan fingerprint density at radius 1 is 0.976 bits per heavy atom. The quantitative estimate of drug-likeness (QED) is 0.308. The molecule has 0 radical (unpaired) electrons. The van der Waals surface area contributed by atoms with Crippen LogP contribution in [0.25, 0.3) is 11.1 Å². The Bertz CT molecular complexity index is 1720. The number of carbonyl (C=O) groups excluding carboxylic acids is 2. The standard InChI is InChI=1S/C27H23F3N4O5S2/c1-2-23-32-34(25(40-23)31-24(35)27(28,29)30)16-18-12-14-20(15-13-18)21-10-6-7-11-22(21)41(37,38)33-26(36)39-17-19-8-4-3-5-9-19/h3-15H,2,16-17H2,1H3,(H,33,36). The van der Waals surface area contributed by atoms with Gasteiger partial charge in [-0.15, -0.1) is 0 Å². The van der Waals surface area contributed by atoms with Crippen molar-refractivity contribution < 1.29 is 35.9 Å². The fourth-order valence-corrected chi connectivity index (χ4v) is 5.61. The van der Waals surface area contributed by atoms with Gasteiger partial charge in [0, 0.05) is 5.56 Å². The largest absolute Gasteiger partial charge is 0.473 e. The first-order chi connectivity index (χ1) is 19.5. The zero-order valence-electron chi connectivity index (χ0n) is 21.5. The van der Waals surface area contributed by atoms with E-state index in [-0.39, 0.29) is 22.8 Å². The highest BCUT2D eigenvalue weighted by molar-refractivity contribution is 7.90. The average molecular weight is 605 g/mol. The third kappa shape index (κ3) is 7.67. The molecule has 1 N–H and O–H groups in total. The fourth-order valence-electron chi connectivity index (χ4n) is 3.65. The summed E-state index contributed by atoms with van der Waals surface area (Å²) in [5.74, 6) is -2.22. The Kier molecular flexibility index (Phi) is 9.03. The van der Waals surface area contributed by atoms with Gasteiger partial charge in [-0.1, -0.05) is 91.1 Å². The van der Waals surface area contributed by atoms with Crippen LogP contribution < -0.4 is 9.52 Å². The summed E-state index contributed by atoms with van der Waals surface area (Å²) >= 11 is 0.888. The van der Waals surface area contributed by atoms with Crippen LogP contribution in [0, 0.1) is 0 Å². The van der Waals surface area contributed by atoms with E-state index in [1.54, 1.807) is 73.7 Å². The van der Waals surface area contributed by atoms with E-state index in [0.717, 1.165) is 11.3 Å². The SMILES string of the molecule is CCc1nn(Cc2ccc(-c3ccccc3S(=O)(=O)NC(=O)OCc3ccccc3)cc2)c(=NC(=O)C(F)(F)F)s1. The molecular formula is C27H23F3N4O5S2. The zero-order chi connectivity index (χ0) is 29.6. The molecule has 0 saturated carbocycles. The maximum atomic E-state index is 13.0. The lowest BCUT2D eigenvalue weighted by Gasteiger charge is -2.12. The number of carbonyl (C=O) groups is 2. The number of benzene rings is 3. The van der Waals surface area contributed by atoms with Gasteiger partial charge in [-0.25, -0.2) is 22.6 Å². The number of amides is 2. The van der Waals surface area contributed by atoms with Crippen LogP contribution in [0.1, 0.15) is 23.1 Å². The minimum atomic E-state index is -5.10. The van der Waals surface area contributed by atoms with Crippen molar-refractivity contribution in [3.63, 3.8) is 0 Å². The van der Waals surface area contributed by atoms with Crippen LogP contribution in [0.15, 0.2) is 88.8 Å². The van der Waals surface area contributed by atoms with E-state index in [1.807, 2.05) is 4.72 Å². The lowest BCUT2D eigenvalue weighted by atomic mass is 10.0. The number of rotatable bonds is 8. The number of aryl methyl sites for hydroxylation is 1. The maximum absolute atomic E-state index is 13.0. The molecule has 0 fully saturated rings. The Balaban J connectivity index is 1.53. The molecule has 0 aliphatic rings. The molecule has 0 spiro atoms. The van der Waals surface area contributed by atoms with Crippen molar-refractivity contribution in [3.05, 3.63) is 99.8 Å². The number of nitrogens with one attached hydrogen (secondary N) is 1. The minimum absolute atomic E-state index is 0.0233. The van der Waals surface area contributed by atoms with Crippen molar-refractivity contribution in [2.45, 2.75) is 37.6 Å². The lowest BCUT2D eigenvalue weighted by Crippen LogP contribution is -2.31. The van der Waals surface area contributed by atoms with Gasteiger partial charge in [0.15, 0.2) is 0 Å². The van der Waals surface area contributed by atoms with Crippen molar-refractivity contribution in [2.75, 3.05) is 0 Å². The van der Waals surface area contributed by atoms with E-state index >= 15 is 0 Å². The molecule has 0 unspecified atom stereocenters. The van der Waals surface area contributed by atoms with Crippen LogP contribution in [-0.4, -0.2) is 36.4 Å². The molecule has 2 amide bonds. The van der Waals surface area contributed by atoms with Crippen LogP contribution in [-0.2, 0) is 39.1 Å². The fraction of sp³-hybridized carbons (Fsp3) is 0.185. The minimum Gasteiger partial charge on any atom is -0.444 e. The molecule has 4 aromatic rings. The van der Waals surface area contributed by atoms with Gasteiger partial charge < -0.3 is 4.74 Å². The van der Waals surface area contributed by atoms with Crippen LogP contribution >= 0.6 is 11.3 Å². The maximum Gasteiger partial charge on any atom is 0.473 e. The number of hydrogen-bond acceptors (Lipinski definition) is 7. The molecule has 3 aromatic carbocycles. The highest BCUT2D eigenvalue weighted by Crippen LogP contribution is 2.28. The number of halogens is 3. The molecular weight excluding hydrogens is 581 g/mol. The Morgan fingerprint density at radius 3 is 2.29 bits per heavy atom. The number of sulfonamides is 1. The number of nitrogens with zero attached hydrogens (tertiary/aromatic N) is 3. The summed E-state index contributed by atoms with van der Waals surface area (Å²) in [5, 5.41) is 4.74. The molecule has 214 valence electrons. The smallest absolute Gasteiger partial charge is 0.444 e. The van der Waals surface area contributed by atoms with Crippen molar-refractivity contribution in [2.24, 2.45) is 4.99 Å². The van der Waals surface area contributed by atoms with E-state index in [4.69, 9.17) is 4.74 Å². The summed E-state index contributed by atoms with van der Waals surface area (Å²) in [6, 6.07) is 21.4. The zero-order valence-corrected chi connectivity index (χ0v) is 23.1. The number of alkyl halides is 3.